The molecule has 0 unspecified atom stereocenters. The third kappa shape index (κ3) is 2.41. The van der Waals surface area contributed by atoms with Crippen molar-refractivity contribution in [1.29, 1.82) is 5.26 Å². The summed E-state index contributed by atoms with van der Waals surface area (Å²) in [6, 6.07) is 17.2. The second-order valence-corrected chi connectivity index (χ2v) is 6.46. The molecule has 0 aliphatic carbocycles. The molecule has 2 aromatic heterocycles. The number of nitriles is 1. The topological polar surface area (TPSA) is 61.1 Å². The molecule has 0 saturated heterocycles. The number of para-hydroxylation sites is 2. The number of aromatic nitrogens is 2. The van der Waals surface area contributed by atoms with E-state index in [0.29, 0.717) is 33.8 Å². The molecule has 0 spiro atoms. The summed E-state index contributed by atoms with van der Waals surface area (Å²) in [6.45, 7) is 1.82. The molecule has 0 amide bonds. The predicted octanol–water partition coefficient (Wildman–Crippen LogP) is 4.21. The SMILES string of the molecule is Cc1c(Cc2cccc(Cl)c2)c(=O)n2c([nH]c3ccccc32)c1C#N. The summed E-state index contributed by atoms with van der Waals surface area (Å²) in [7, 11) is 0. The number of hydrogen-bond donors (Lipinski definition) is 1. The van der Waals surface area contributed by atoms with Gasteiger partial charge in [-0.25, -0.2) is 0 Å². The Morgan fingerprint density at radius 3 is 2.76 bits per heavy atom. The van der Waals surface area contributed by atoms with Crippen LogP contribution in [0, 0.1) is 18.3 Å². The Kier molecular flexibility index (Phi) is 3.60. The van der Waals surface area contributed by atoms with E-state index in [2.05, 4.69) is 11.1 Å². The molecule has 0 fully saturated rings. The summed E-state index contributed by atoms with van der Waals surface area (Å²) >= 11 is 6.06. The van der Waals surface area contributed by atoms with Crippen molar-refractivity contribution in [3.05, 3.63) is 86.2 Å². The van der Waals surface area contributed by atoms with Crippen molar-refractivity contribution in [2.45, 2.75) is 13.3 Å². The number of H-pyrrole nitrogens is 1. The summed E-state index contributed by atoms with van der Waals surface area (Å²) in [5, 5.41) is 10.3. The average Bonchev–Trinajstić information content (AvgIpc) is 2.98. The lowest BCUT2D eigenvalue weighted by atomic mass is 9.99. The van der Waals surface area contributed by atoms with E-state index in [9.17, 15) is 10.1 Å². The summed E-state index contributed by atoms with van der Waals surface area (Å²) in [4.78, 5) is 16.4. The molecule has 2 aromatic carbocycles. The molecule has 2 heterocycles. The van der Waals surface area contributed by atoms with Gasteiger partial charge in [0.2, 0.25) is 0 Å². The van der Waals surface area contributed by atoms with E-state index in [0.717, 1.165) is 16.6 Å². The smallest absolute Gasteiger partial charge is 0.260 e. The minimum atomic E-state index is -0.107. The van der Waals surface area contributed by atoms with Crippen LogP contribution in [0.3, 0.4) is 0 Å². The zero-order valence-electron chi connectivity index (χ0n) is 13.5. The Morgan fingerprint density at radius 1 is 1.20 bits per heavy atom. The van der Waals surface area contributed by atoms with Gasteiger partial charge >= 0.3 is 0 Å². The van der Waals surface area contributed by atoms with E-state index in [4.69, 9.17) is 11.6 Å². The van der Waals surface area contributed by atoms with E-state index in [-0.39, 0.29) is 5.56 Å². The molecule has 4 nitrogen and oxygen atoms in total. The molecular formula is C20H14ClN3O. The third-order valence-corrected chi connectivity index (χ3v) is 4.76. The fourth-order valence-corrected chi connectivity index (χ4v) is 3.50. The fourth-order valence-electron chi connectivity index (χ4n) is 3.28. The Hall–Kier alpha value is -3.03. The van der Waals surface area contributed by atoms with Crippen molar-refractivity contribution in [2.75, 3.05) is 0 Å². The van der Waals surface area contributed by atoms with Crippen molar-refractivity contribution in [1.82, 2.24) is 9.38 Å². The van der Waals surface area contributed by atoms with Gasteiger partial charge in [-0.1, -0.05) is 35.9 Å². The highest BCUT2D eigenvalue weighted by molar-refractivity contribution is 6.30. The van der Waals surface area contributed by atoms with Crippen molar-refractivity contribution < 1.29 is 0 Å². The molecule has 25 heavy (non-hydrogen) atoms. The van der Waals surface area contributed by atoms with E-state index < -0.39 is 0 Å². The van der Waals surface area contributed by atoms with E-state index in [1.807, 2.05) is 49.4 Å². The number of hydrogen-bond acceptors (Lipinski definition) is 2. The zero-order chi connectivity index (χ0) is 17.6. The first kappa shape index (κ1) is 15.5. The Balaban J connectivity index is 2.06. The summed E-state index contributed by atoms with van der Waals surface area (Å²) in [5.41, 5.74) is 4.79. The van der Waals surface area contributed by atoms with Gasteiger partial charge in [-0.15, -0.1) is 0 Å². The monoisotopic (exact) mass is 347 g/mol. The maximum absolute atomic E-state index is 13.2. The lowest BCUT2D eigenvalue weighted by Gasteiger charge is -2.09. The molecule has 0 aliphatic heterocycles. The second kappa shape index (κ2) is 5.80. The summed E-state index contributed by atoms with van der Waals surface area (Å²) in [6.07, 6.45) is 0.433. The van der Waals surface area contributed by atoms with Crippen LogP contribution < -0.4 is 5.56 Å². The Bertz CT molecular complexity index is 1230. The molecule has 0 atom stereocenters. The van der Waals surface area contributed by atoms with Crippen molar-refractivity contribution in [2.24, 2.45) is 0 Å². The molecule has 1 N–H and O–H groups in total. The zero-order valence-corrected chi connectivity index (χ0v) is 14.3. The fraction of sp³-hybridized carbons (Fsp3) is 0.100. The molecular weight excluding hydrogens is 334 g/mol. The average molecular weight is 348 g/mol. The lowest BCUT2D eigenvalue weighted by molar-refractivity contribution is 1.03. The molecule has 122 valence electrons. The number of imidazole rings is 1. The number of fused-ring (bicyclic) bond motifs is 3. The molecule has 0 radical (unpaired) electrons. The predicted molar refractivity (Wildman–Crippen MR) is 99.2 cm³/mol. The number of nitrogens with zero attached hydrogens (tertiary/aromatic N) is 2. The van der Waals surface area contributed by atoms with Crippen LogP contribution in [0.5, 0.6) is 0 Å². The quantitative estimate of drug-likeness (QED) is 0.590. The number of benzene rings is 2. The Labute approximate surface area is 148 Å². The first-order chi connectivity index (χ1) is 12.1. The molecule has 4 rings (SSSR count). The second-order valence-electron chi connectivity index (χ2n) is 6.03. The van der Waals surface area contributed by atoms with Gasteiger partial charge < -0.3 is 4.98 Å². The van der Waals surface area contributed by atoms with Crippen LogP contribution in [-0.4, -0.2) is 9.38 Å². The molecule has 0 bridgehead atoms. The number of halogens is 1. The van der Waals surface area contributed by atoms with Gasteiger partial charge in [0.25, 0.3) is 5.56 Å². The van der Waals surface area contributed by atoms with Gasteiger partial charge in [0.15, 0.2) is 0 Å². The van der Waals surface area contributed by atoms with Gasteiger partial charge in [-0.2, -0.15) is 5.26 Å². The standard InChI is InChI=1S/C20H14ClN3O/c1-12-15(10-13-5-4-6-14(21)9-13)20(25)24-18-8-3-2-7-17(18)23-19(24)16(12)11-22/h2-9,23H,10H2,1H3. The van der Waals surface area contributed by atoms with Gasteiger partial charge in [0.1, 0.15) is 11.7 Å². The highest BCUT2D eigenvalue weighted by atomic mass is 35.5. The van der Waals surface area contributed by atoms with Gasteiger partial charge in [0.05, 0.1) is 16.6 Å². The Morgan fingerprint density at radius 2 is 2.00 bits per heavy atom. The normalized spacial score (nSPS) is 11.1. The van der Waals surface area contributed by atoms with E-state index in [1.54, 1.807) is 10.5 Å². The van der Waals surface area contributed by atoms with Crippen LogP contribution >= 0.6 is 11.6 Å². The largest absolute Gasteiger partial charge is 0.338 e. The van der Waals surface area contributed by atoms with E-state index >= 15 is 0 Å². The van der Waals surface area contributed by atoms with E-state index in [1.165, 1.54) is 0 Å². The highest BCUT2D eigenvalue weighted by Gasteiger charge is 2.18. The van der Waals surface area contributed by atoms with Crippen molar-refractivity contribution >= 4 is 28.3 Å². The maximum atomic E-state index is 13.2. The molecule has 4 aromatic rings. The van der Waals surface area contributed by atoms with Crippen LogP contribution in [0.4, 0.5) is 0 Å². The third-order valence-electron chi connectivity index (χ3n) is 4.53. The molecule has 0 aliphatic rings. The van der Waals surface area contributed by atoms with Gasteiger partial charge in [0, 0.05) is 17.0 Å². The molecule has 5 heteroatoms. The minimum Gasteiger partial charge on any atom is -0.338 e. The van der Waals surface area contributed by atoms with Crippen LogP contribution in [0.1, 0.15) is 22.3 Å². The summed E-state index contributed by atoms with van der Waals surface area (Å²) in [5.74, 6) is 0. The van der Waals surface area contributed by atoms with Crippen LogP contribution in [0.15, 0.2) is 53.3 Å². The lowest BCUT2D eigenvalue weighted by Crippen LogP contribution is -2.21. The van der Waals surface area contributed by atoms with Crippen LogP contribution in [0.25, 0.3) is 16.7 Å². The molecule has 0 saturated carbocycles. The number of pyridine rings is 1. The van der Waals surface area contributed by atoms with Crippen molar-refractivity contribution in [3.63, 3.8) is 0 Å². The van der Waals surface area contributed by atoms with Gasteiger partial charge in [-0.3, -0.25) is 9.20 Å². The van der Waals surface area contributed by atoms with Crippen molar-refractivity contribution in [3.8, 4) is 6.07 Å². The van der Waals surface area contributed by atoms with Crippen LogP contribution in [0.2, 0.25) is 5.02 Å². The minimum absolute atomic E-state index is 0.107. The first-order valence-corrected chi connectivity index (χ1v) is 8.27. The maximum Gasteiger partial charge on any atom is 0.260 e. The number of nitrogens with one attached hydrogen (secondary N) is 1. The highest BCUT2D eigenvalue weighted by Crippen LogP contribution is 2.23. The number of aromatic amines is 1. The van der Waals surface area contributed by atoms with Gasteiger partial charge in [-0.05, 0) is 42.3 Å². The summed E-state index contributed by atoms with van der Waals surface area (Å²) < 4.78 is 1.60. The number of rotatable bonds is 2. The first-order valence-electron chi connectivity index (χ1n) is 7.89. The van der Waals surface area contributed by atoms with Crippen LogP contribution in [-0.2, 0) is 6.42 Å².